The van der Waals surface area contributed by atoms with Gasteiger partial charge in [0, 0.05) is 30.2 Å². The molecule has 4 heterocycles. The van der Waals surface area contributed by atoms with E-state index in [9.17, 15) is 4.79 Å². The molecule has 0 unspecified atom stereocenters. The number of ether oxygens (including phenoxy) is 1. The first-order chi connectivity index (χ1) is 10.8. The van der Waals surface area contributed by atoms with Crippen LogP contribution in [0.25, 0.3) is 10.6 Å². The van der Waals surface area contributed by atoms with Crippen LogP contribution in [0.15, 0.2) is 28.3 Å². The number of carbonyl (C=O) groups excluding carboxylic acids is 1. The van der Waals surface area contributed by atoms with Gasteiger partial charge in [-0.1, -0.05) is 6.07 Å². The van der Waals surface area contributed by atoms with Crippen LogP contribution in [0.3, 0.4) is 0 Å². The zero-order chi connectivity index (χ0) is 14.9. The van der Waals surface area contributed by atoms with Gasteiger partial charge in [0.05, 0.1) is 11.5 Å². The van der Waals surface area contributed by atoms with Crippen LogP contribution in [0.1, 0.15) is 16.9 Å². The molecular weight excluding hydrogens is 320 g/mol. The molecule has 2 atom stereocenters. The third-order valence-corrected chi connectivity index (χ3v) is 6.27. The van der Waals surface area contributed by atoms with Gasteiger partial charge in [0.15, 0.2) is 17.8 Å². The standard InChI is InChI=1S/C15H16N2O3S2/c18-15(13-14(20-9-16-13)11-2-1-6-21-11)17-4-7-22-12-8-19-5-3-10(12)17/h1-2,6,9-10,12H,3-5,7-8H2/t10-,12+/m1/s1. The van der Waals surface area contributed by atoms with Crippen molar-refractivity contribution in [2.24, 2.45) is 0 Å². The van der Waals surface area contributed by atoms with Crippen molar-refractivity contribution in [1.82, 2.24) is 9.88 Å². The minimum atomic E-state index is -0.0191. The number of carbonyl (C=O) groups is 1. The van der Waals surface area contributed by atoms with Crippen molar-refractivity contribution in [3.05, 3.63) is 29.6 Å². The molecule has 0 spiro atoms. The molecule has 2 saturated heterocycles. The van der Waals surface area contributed by atoms with Crippen LogP contribution in [0, 0.1) is 0 Å². The summed E-state index contributed by atoms with van der Waals surface area (Å²) in [6.45, 7) is 2.22. The second-order valence-corrected chi connectivity index (χ2v) is 7.64. The van der Waals surface area contributed by atoms with E-state index in [-0.39, 0.29) is 11.9 Å². The van der Waals surface area contributed by atoms with E-state index in [0.717, 1.165) is 36.8 Å². The van der Waals surface area contributed by atoms with Gasteiger partial charge in [0.25, 0.3) is 5.91 Å². The molecule has 116 valence electrons. The van der Waals surface area contributed by atoms with Crippen LogP contribution >= 0.6 is 23.1 Å². The van der Waals surface area contributed by atoms with Crippen molar-refractivity contribution < 1.29 is 13.9 Å². The third kappa shape index (κ3) is 2.47. The number of rotatable bonds is 2. The van der Waals surface area contributed by atoms with Crippen LogP contribution in [0.4, 0.5) is 0 Å². The van der Waals surface area contributed by atoms with Crippen molar-refractivity contribution >= 4 is 29.0 Å². The van der Waals surface area contributed by atoms with Gasteiger partial charge in [0.2, 0.25) is 0 Å². The van der Waals surface area contributed by atoms with Crippen LogP contribution < -0.4 is 0 Å². The van der Waals surface area contributed by atoms with Crippen molar-refractivity contribution in [3.8, 4) is 10.6 Å². The first-order valence-corrected chi connectivity index (χ1v) is 9.25. The lowest BCUT2D eigenvalue weighted by atomic mass is 10.1. The van der Waals surface area contributed by atoms with Crippen LogP contribution in [0.2, 0.25) is 0 Å². The number of hydrogen-bond donors (Lipinski definition) is 0. The lowest BCUT2D eigenvalue weighted by molar-refractivity contribution is 0.0316. The summed E-state index contributed by atoms with van der Waals surface area (Å²) in [6, 6.07) is 4.14. The van der Waals surface area contributed by atoms with E-state index in [1.165, 1.54) is 6.39 Å². The van der Waals surface area contributed by atoms with Crippen molar-refractivity contribution in [2.45, 2.75) is 17.7 Å². The van der Waals surface area contributed by atoms with Crippen LogP contribution in [-0.4, -0.2) is 52.6 Å². The number of fused-ring (bicyclic) bond motifs is 1. The maximum Gasteiger partial charge on any atom is 0.276 e. The minimum Gasteiger partial charge on any atom is -0.442 e. The van der Waals surface area contributed by atoms with Crippen LogP contribution in [0.5, 0.6) is 0 Å². The second-order valence-electron chi connectivity index (χ2n) is 5.35. The normalized spacial score (nSPS) is 25.0. The van der Waals surface area contributed by atoms with Crippen molar-refractivity contribution in [1.29, 1.82) is 0 Å². The fourth-order valence-corrected chi connectivity index (χ4v) is 5.07. The Morgan fingerprint density at radius 1 is 1.45 bits per heavy atom. The van der Waals surface area contributed by atoms with Crippen LogP contribution in [-0.2, 0) is 4.74 Å². The SMILES string of the molecule is O=C(c1ncoc1-c1cccs1)N1CCS[C@H]2COCC[C@H]21. The van der Waals surface area contributed by atoms with Gasteiger partial charge in [-0.15, -0.1) is 11.3 Å². The number of nitrogens with zero attached hydrogens (tertiary/aromatic N) is 2. The smallest absolute Gasteiger partial charge is 0.276 e. The van der Waals surface area contributed by atoms with Gasteiger partial charge in [0.1, 0.15) is 0 Å². The Kier molecular flexibility index (Phi) is 3.94. The van der Waals surface area contributed by atoms with Crippen molar-refractivity contribution in [2.75, 3.05) is 25.5 Å². The summed E-state index contributed by atoms with van der Waals surface area (Å²) in [6.07, 6.45) is 2.26. The Bertz CT molecular complexity index is 654. The van der Waals surface area contributed by atoms with E-state index < -0.39 is 0 Å². The van der Waals surface area contributed by atoms with E-state index in [2.05, 4.69) is 4.98 Å². The molecule has 2 fully saturated rings. The van der Waals surface area contributed by atoms with Gasteiger partial charge in [-0.3, -0.25) is 4.79 Å². The minimum absolute atomic E-state index is 0.0191. The molecule has 0 saturated carbocycles. The summed E-state index contributed by atoms with van der Waals surface area (Å²) in [4.78, 5) is 20.1. The predicted octanol–water partition coefficient (Wildman–Crippen LogP) is 2.75. The highest BCUT2D eigenvalue weighted by molar-refractivity contribution is 8.00. The molecule has 2 aromatic heterocycles. The first-order valence-electron chi connectivity index (χ1n) is 7.32. The van der Waals surface area contributed by atoms with E-state index in [4.69, 9.17) is 9.15 Å². The zero-order valence-electron chi connectivity index (χ0n) is 11.9. The Labute approximate surface area is 136 Å². The van der Waals surface area contributed by atoms with Gasteiger partial charge in [-0.25, -0.2) is 4.98 Å². The number of thiophene rings is 1. The monoisotopic (exact) mass is 336 g/mol. The number of hydrogen-bond acceptors (Lipinski definition) is 6. The topological polar surface area (TPSA) is 55.6 Å². The molecule has 0 N–H and O–H groups in total. The third-order valence-electron chi connectivity index (χ3n) is 4.11. The van der Waals surface area contributed by atoms with E-state index in [1.54, 1.807) is 11.3 Å². The molecule has 0 radical (unpaired) electrons. The molecule has 1 amide bonds. The molecule has 0 aliphatic carbocycles. The van der Waals surface area contributed by atoms with E-state index in [1.807, 2.05) is 34.2 Å². The summed E-state index contributed by atoms with van der Waals surface area (Å²) >= 11 is 3.46. The molecule has 2 aliphatic rings. The van der Waals surface area contributed by atoms with Gasteiger partial charge in [-0.05, 0) is 17.9 Å². The summed E-state index contributed by atoms with van der Waals surface area (Å²) in [5.41, 5.74) is 0.430. The summed E-state index contributed by atoms with van der Waals surface area (Å²) in [7, 11) is 0. The Morgan fingerprint density at radius 3 is 3.27 bits per heavy atom. The lowest BCUT2D eigenvalue weighted by Gasteiger charge is -2.43. The lowest BCUT2D eigenvalue weighted by Crippen LogP contribution is -2.54. The second kappa shape index (κ2) is 6.06. The molecular formula is C15H16N2O3S2. The number of aromatic nitrogens is 1. The largest absolute Gasteiger partial charge is 0.442 e. The van der Waals surface area contributed by atoms with E-state index in [0.29, 0.717) is 16.7 Å². The molecule has 0 bridgehead atoms. The number of thioether (sulfide) groups is 1. The quantitative estimate of drug-likeness (QED) is 0.844. The van der Waals surface area contributed by atoms with E-state index >= 15 is 0 Å². The zero-order valence-corrected chi connectivity index (χ0v) is 13.6. The highest BCUT2D eigenvalue weighted by atomic mass is 32.2. The number of amides is 1. The fraction of sp³-hybridized carbons (Fsp3) is 0.467. The molecule has 0 aromatic carbocycles. The maximum atomic E-state index is 13.0. The molecule has 7 heteroatoms. The van der Waals surface area contributed by atoms with Gasteiger partial charge < -0.3 is 14.1 Å². The Morgan fingerprint density at radius 2 is 2.41 bits per heavy atom. The maximum absolute atomic E-state index is 13.0. The molecule has 2 aromatic rings. The molecule has 2 aliphatic heterocycles. The highest BCUT2D eigenvalue weighted by Gasteiger charge is 2.38. The Hall–Kier alpha value is -1.31. The van der Waals surface area contributed by atoms with Gasteiger partial charge in [-0.2, -0.15) is 11.8 Å². The molecule has 5 nitrogen and oxygen atoms in total. The average Bonchev–Trinajstić information content (AvgIpc) is 3.24. The highest BCUT2D eigenvalue weighted by Crippen LogP contribution is 2.33. The Balaban J connectivity index is 1.63. The summed E-state index contributed by atoms with van der Waals surface area (Å²) in [5, 5.41) is 2.35. The number of oxazole rings is 1. The summed E-state index contributed by atoms with van der Waals surface area (Å²) in [5.74, 6) is 1.51. The summed E-state index contributed by atoms with van der Waals surface area (Å²) < 4.78 is 11.0. The average molecular weight is 336 g/mol. The fourth-order valence-electron chi connectivity index (χ4n) is 3.05. The van der Waals surface area contributed by atoms with Gasteiger partial charge >= 0.3 is 0 Å². The van der Waals surface area contributed by atoms with Crippen molar-refractivity contribution in [3.63, 3.8) is 0 Å². The molecule has 4 rings (SSSR count). The molecule has 22 heavy (non-hydrogen) atoms. The predicted molar refractivity (Wildman–Crippen MR) is 86.3 cm³/mol. The first kappa shape index (κ1) is 14.3.